The highest BCUT2D eigenvalue weighted by Crippen LogP contribution is 2.43. The molecule has 1 aliphatic rings. The second kappa shape index (κ2) is 8.46. The summed E-state index contributed by atoms with van der Waals surface area (Å²) < 4.78 is 7.74. The van der Waals surface area contributed by atoms with Crippen LogP contribution in [0.1, 0.15) is 43.3 Å². The number of fused-ring (bicyclic) bond motifs is 2. The summed E-state index contributed by atoms with van der Waals surface area (Å²) in [5.41, 5.74) is 4.85. The number of carbonyl (C=O) groups is 2. The lowest BCUT2D eigenvalue weighted by atomic mass is 9.88. The number of nitrogens with one attached hydrogen (secondary N) is 3. The highest BCUT2D eigenvalue weighted by molar-refractivity contribution is 6.02. The minimum atomic E-state index is -0.281. The fourth-order valence-corrected chi connectivity index (χ4v) is 4.46. The maximum absolute atomic E-state index is 13.0. The Morgan fingerprint density at radius 2 is 2.09 bits per heavy atom. The molecule has 4 aromatic rings. The summed E-state index contributed by atoms with van der Waals surface area (Å²) in [6.45, 7) is 0.884. The van der Waals surface area contributed by atoms with Crippen LogP contribution in [0.15, 0.2) is 55.0 Å². The first-order chi connectivity index (χ1) is 16.0. The van der Waals surface area contributed by atoms with Crippen LogP contribution >= 0.6 is 0 Å². The number of hydrogen-bond donors (Lipinski definition) is 3. The molecular formula is C25H25N5O3. The van der Waals surface area contributed by atoms with Gasteiger partial charge < -0.3 is 20.4 Å². The lowest BCUT2D eigenvalue weighted by Crippen LogP contribution is -2.26. The summed E-state index contributed by atoms with van der Waals surface area (Å²) in [7, 11) is 3.43. The van der Waals surface area contributed by atoms with Crippen LogP contribution in [0, 0.1) is 0 Å². The smallest absolute Gasteiger partial charge is 0.254 e. The van der Waals surface area contributed by atoms with Crippen LogP contribution in [-0.2, 0) is 13.5 Å². The minimum Gasteiger partial charge on any atom is -0.491 e. The van der Waals surface area contributed by atoms with E-state index in [2.05, 4.69) is 26.8 Å². The quantitative estimate of drug-likeness (QED) is 0.427. The van der Waals surface area contributed by atoms with E-state index in [1.165, 1.54) is 0 Å². The third kappa shape index (κ3) is 3.84. The van der Waals surface area contributed by atoms with Gasteiger partial charge in [0.15, 0.2) is 0 Å². The summed E-state index contributed by atoms with van der Waals surface area (Å²) >= 11 is 0. The molecule has 2 aromatic carbocycles. The topological polar surface area (TPSA) is 101 Å². The monoisotopic (exact) mass is 443 g/mol. The summed E-state index contributed by atoms with van der Waals surface area (Å²) in [5.74, 6) is -0.0426. The van der Waals surface area contributed by atoms with Gasteiger partial charge in [-0.2, -0.15) is 5.10 Å². The van der Waals surface area contributed by atoms with E-state index in [1.807, 2.05) is 43.7 Å². The molecule has 2 aromatic heterocycles. The number of benzene rings is 2. The molecule has 3 N–H and O–H groups in total. The molecule has 1 unspecified atom stereocenters. The number of nitrogens with zero attached hydrogens (tertiary/aromatic N) is 2. The molecule has 3 heterocycles. The van der Waals surface area contributed by atoms with E-state index < -0.39 is 0 Å². The van der Waals surface area contributed by atoms with Gasteiger partial charge in [0, 0.05) is 61.0 Å². The maximum atomic E-state index is 13.0. The minimum absolute atomic E-state index is 0.0777. The van der Waals surface area contributed by atoms with Crippen molar-refractivity contribution < 1.29 is 14.3 Å². The standard InChI is InChI=1S/C25H25N5O3/c1-26-25(32)20-11-16(24(31)28-8-6-15-12-29-30(2)13-15)10-19-21(14-33-23(19)20)17-4-3-5-22-18(17)7-9-27-22/h3-5,7,9-13,21,27H,6,8,14H2,1-2H3,(H,26,32)(H,28,31). The summed E-state index contributed by atoms with van der Waals surface area (Å²) in [6, 6.07) is 11.6. The van der Waals surface area contributed by atoms with Crippen molar-refractivity contribution >= 4 is 22.7 Å². The molecular weight excluding hydrogens is 418 g/mol. The Morgan fingerprint density at radius 3 is 2.88 bits per heavy atom. The van der Waals surface area contributed by atoms with Crippen molar-refractivity contribution in [1.82, 2.24) is 25.4 Å². The second-order valence-electron chi connectivity index (χ2n) is 8.20. The van der Waals surface area contributed by atoms with Crippen molar-refractivity contribution in [3.8, 4) is 5.75 Å². The molecule has 0 radical (unpaired) electrons. The normalized spacial score (nSPS) is 14.7. The van der Waals surface area contributed by atoms with Crippen LogP contribution in [0.2, 0.25) is 0 Å². The zero-order valence-electron chi connectivity index (χ0n) is 18.5. The number of ether oxygens (including phenoxy) is 1. The Labute approximate surface area is 190 Å². The first-order valence-electron chi connectivity index (χ1n) is 10.9. The fraction of sp³-hybridized carbons (Fsp3) is 0.240. The Kier molecular flexibility index (Phi) is 5.34. The Balaban J connectivity index is 1.47. The number of H-pyrrole nitrogens is 1. The number of rotatable bonds is 6. The van der Waals surface area contributed by atoms with Gasteiger partial charge in [-0.15, -0.1) is 0 Å². The molecule has 5 rings (SSSR count). The number of carbonyl (C=O) groups excluding carboxylic acids is 2. The molecule has 8 nitrogen and oxygen atoms in total. The molecule has 1 aliphatic heterocycles. The zero-order valence-corrected chi connectivity index (χ0v) is 18.5. The van der Waals surface area contributed by atoms with Crippen molar-refractivity contribution in [2.24, 2.45) is 7.05 Å². The van der Waals surface area contributed by atoms with Crippen LogP contribution in [0.5, 0.6) is 5.75 Å². The number of aromatic nitrogens is 3. The van der Waals surface area contributed by atoms with Gasteiger partial charge in [0.1, 0.15) is 5.75 Å². The highest BCUT2D eigenvalue weighted by Gasteiger charge is 2.32. The number of aromatic amines is 1. The van der Waals surface area contributed by atoms with E-state index in [1.54, 1.807) is 24.0 Å². The molecule has 33 heavy (non-hydrogen) atoms. The molecule has 0 spiro atoms. The molecule has 0 bridgehead atoms. The van der Waals surface area contributed by atoms with Crippen LogP contribution < -0.4 is 15.4 Å². The van der Waals surface area contributed by atoms with Crippen LogP contribution in [0.3, 0.4) is 0 Å². The lowest BCUT2D eigenvalue weighted by molar-refractivity contribution is 0.0954. The molecule has 8 heteroatoms. The molecule has 168 valence electrons. The second-order valence-corrected chi connectivity index (χ2v) is 8.20. The van der Waals surface area contributed by atoms with Crippen LogP contribution in [0.25, 0.3) is 10.9 Å². The van der Waals surface area contributed by atoms with Crippen LogP contribution in [-0.4, -0.2) is 46.8 Å². The predicted octanol–water partition coefficient (Wildman–Crippen LogP) is 2.76. The first kappa shape index (κ1) is 20.8. The van der Waals surface area contributed by atoms with E-state index in [4.69, 9.17) is 4.74 Å². The summed E-state index contributed by atoms with van der Waals surface area (Å²) in [6.07, 6.45) is 6.30. The van der Waals surface area contributed by atoms with Gasteiger partial charge in [0.25, 0.3) is 11.8 Å². The summed E-state index contributed by atoms with van der Waals surface area (Å²) in [5, 5.41) is 10.9. The van der Waals surface area contributed by atoms with Gasteiger partial charge in [-0.3, -0.25) is 14.3 Å². The van der Waals surface area contributed by atoms with Gasteiger partial charge in [-0.05, 0) is 41.8 Å². The number of aryl methyl sites for hydroxylation is 1. The van der Waals surface area contributed by atoms with Crippen molar-refractivity contribution in [3.63, 3.8) is 0 Å². The lowest BCUT2D eigenvalue weighted by Gasteiger charge is -2.14. The van der Waals surface area contributed by atoms with Crippen molar-refractivity contribution in [2.75, 3.05) is 20.2 Å². The fourth-order valence-electron chi connectivity index (χ4n) is 4.46. The third-order valence-electron chi connectivity index (χ3n) is 6.08. The molecule has 1 atom stereocenters. The number of amides is 2. The first-order valence-corrected chi connectivity index (χ1v) is 10.9. The van der Waals surface area contributed by atoms with E-state index in [-0.39, 0.29) is 17.7 Å². The van der Waals surface area contributed by atoms with Gasteiger partial charge in [-0.25, -0.2) is 0 Å². The molecule has 0 saturated carbocycles. The SMILES string of the molecule is CNC(=O)c1cc(C(=O)NCCc2cnn(C)c2)cc2c1OCC2c1cccc2[nH]ccc12. The maximum Gasteiger partial charge on any atom is 0.254 e. The molecule has 0 aliphatic carbocycles. The molecule has 2 amide bonds. The van der Waals surface area contributed by atoms with Crippen molar-refractivity contribution in [1.29, 1.82) is 0 Å². The number of hydrogen-bond acceptors (Lipinski definition) is 4. The molecule has 0 saturated heterocycles. The van der Waals surface area contributed by atoms with Crippen molar-refractivity contribution in [2.45, 2.75) is 12.3 Å². The Bertz CT molecular complexity index is 1350. The van der Waals surface area contributed by atoms with Gasteiger partial charge in [0.05, 0.1) is 18.4 Å². The third-order valence-corrected chi connectivity index (χ3v) is 6.08. The average Bonchev–Trinajstić information content (AvgIpc) is 3.57. The van der Waals surface area contributed by atoms with E-state index >= 15 is 0 Å². The van der Waals surface area contributed by atoms with Gasteiger partial charge in [-0.1, -0.05) is 12.1 Å². The highest BCUT2D eigenvalue weighted by atomic mass is 16.5. The zero-order chi connectivity index (χ0) is 22.9. The predicted molar refractivity (Wildman–Crippen MR) is 125 cm³/mol. The van der Waals surface area contributed by atoms with Gasteiger partial charge >= 0.3 is 0 Å². The Morgan fingerprint density at radius 1 is 1.21 bits per heavy atom. The summed E-state index contributed by atoms with van der Waals surface area (Å²) in [4.78, 5) is 28.9. The van der Waals surface area contributed by atoms with E-state index in [0.717, 1.165) is 27.6 Å². The van der Waals surface area contributed by atoms with E-state index in [9.17, 15) is 9.59 Å². The van der Waals surface area contributed by atoms with Gasteiger partial charge in [0.2, 0.25) is 0 Å². The largest absolute Gasteiger partial charge is 0.491 e. The van der Waals surface area contributed by atoms with Crippen molar-refractivity contribution in [3.05, 3.63) is 82.8 Å². The molecule has 0 fully saturated rings. The Hall–Kier alpha value is -4.07. The average molecular weight is 444 g/mol. The van der Waals surface area contributed by atoms with E-state index in [0.29, 0.717) is 36.4 Å². The van der Waals surface area contributed by atoms with Crippen LogP contribution in [0.4, 0.5) is 0 Å².